The maximum atomic E-state index is 12.0. The van der Waals surface area contributed by atoms with Crippen LogP contribution in [0.25, 0.3) is 10.9 Å². The van der Waals surface area contributed by atoms with Gasteiger partial charge in [0.05, 0.1) is 12.6 Å². The van der Waals surface area contributed by atoms with Crippen molar-refractivity contribution in [3.05, 3.63) is 34.9 Å². The van der Waals surface area contributed by atoms with Gasteiger partial charge >= 0.3 is 0 Å². The third-order valence-corrected chi connectivity index (χ3v) is 4.71. The van der Waals surface area contributed by atoms with Crippen LogP contribution in [0.4, 0.5) is 0 Å². The lowest BCUT2D eigenvalue weighted by Crippen LogP contribution is -2.38. The Hall–Kier alpha value is -0.980. The van der Waals surface area contributed by atoms with Gasteiger partial charge < -0.3 is 15.0 Å². The summed E-state index contributed by atoms with van der Waals surface area (Å²) in [5, 5.41) is 13.4. The second kappa shape index (κ2) is 8.60. The molecule has 0 saturated heterocycles. The second-order valence-electron chi connectivity index (χ2n) is 5.19. The monoisotopic (exact) mass is 384 g/mol. The van der Waals surface area contributed by atoms with Crippen LogP contribution in [-0.2, 0) is 11.3 Å². The number of benzene rings is 1. The number of aliphatic hydroxyl groups is 1. The van der Waals surface area contributed by atoms with Gasteiger partial charge in [-0.3, -0.25) is 4.79 Å². The number of carbonyl (C=O) groups is 1. The van der Waals surface area contributed by atoms with Gasteiger partial charge in [0.25, 0.3) is 0 Å². The molecule has 120 valence electrons. The lowest BCUT2D eigenvalue weighted by molar-refractivity contribution is -0.122. The van der Waals surface area contributed by atoms with Crippen molar-refractivity contribution < 1.29 is 9.90 Å². The number of nitrogens with zero attached hydrogens (tertiary/aromatic N) is 1. The van der Waals surface area contributed by atoms with Gasteiger partial charge in [-0.1, -0.05) is 22.0 Å². The van der Waals surface area contributed by atoms with Crippen molar-refractivity contribution in [2.75, 3.05) is 18.6 Å². The van der Waals surface area contributed by atoms with Crippen LogP contribution in [0.1, 0.15) is 12.8 Å². The number of hydrogen-bond donors (Lipinski definition) is 2. The average molecular weight is 385 g/mol. The molecular formula is C16H21BrN2O2S. The summed E-state index contributed by atoms with van der Waals surface area (Å²) in [5.74, 6) is 0.916. The predicted molar refractivity (Wildman–Crippen MR) is 96.3 cm³/mol. The number of carbonyl (C=O) groups excluding carboxylic acids is 1. The molecule has 0 unspecified atom stereocenters. The average Bonchev–Trinajstić information content (AvgIpc) is 2.91. The van der Waals surface area contributed by atoms with Crippen molar-refractivity contribution in [1.82, 2.24) is 9.88 Å². The molecule has 6 heteroatoms. The zero-order valence-corrected chi connectivity index (χ0v) is 15.0. The van der Waals surface area contributed by atoms with Crippen LogP contribution < -0.4 is 5.32 Å². The van der Waals surface area contributed by atoms with E-state index in [1.165, 1.54) is 0 Å². The summed E-state index contributed by atoms with van der Waals surface area (Å²) in [6.07, 6.45) is 5.22. The Morgan fingerprint density at radius 2 is 2.27 bits per heavy atom. The molecule has 22 heavy (non-hydrogen) atoms. The first kappa shape index (κ1) is 17.4. The van der Waals surface area contributed by atoms with Crippen LogP contribution in [0.15, 0.2) is 34.9 Å². The van der Waals surface area contributed by atoms with Gasteiger partial charge in [-0.15, -0.1) is 0 Å². The number of halogens is 1. The number of hydrogen-bond acceptors (Lipinski definition) is 3. The van der Waals surface area contributed by atoms with Crippen LogP contribution in [0.3, 0.4) is 0 Å². The number of aliphatic hydroxyl groups excluding tert-OH is 1. The van der Waals surface area contributed by atoms with Crippen molar-refractivity contribution >= 4 is 44.5 Å². The number of rotatable bonds is 8. The smallest absolute Gasteiger partial charge is 0.222 e. The normalized spacial score (nSPS) is 12.5. The molecular weight excluding hydrogens is 364 g/mol. The fourth-order valence-electron chi connectivity index (χ4n) is 2.34. The van der Waals surface area contributed by atoms with E-state index in [0.717, 1.165) is 27.5 Å². The summed E-state index contributed by atoms with van der Waals surface area (Å²) in [6.45, 7) is 0.623. The highest BCUT2D eigenvalue weighted by molar-refractivity contribution is 9.10. The fraction of sp³-hybridized carbons (Fsp3) is 0.438. The number of fused-ring (bicyclic) bond motifs is 1. The van der Waals surface area contributed by atoms with Gasteiger partial charge in [0.2, 0.25) is 5.91 Å². The maximum Gasteiger partial charge on any atom is 0.222 e. The highest BCUT2D eigenvalue weighted by atomic mass is 79.9. The number of aryl methyl sites for hydroxylation is 1. The molecule has 1 atom stereocenters. The molecule has 1 heterocycles. The first-order valence-electron chi connectivity index (χ1n) is 7.27. The summed E-state index contributed by atoms with van der Waals surface area (Å²) in [4.78, 5) is 12.0. The summed E-state index contributed by atoms with van der Waals surface area (Å²) in [7, 11) is 0. The number of aromatic nitrogens is 1. The first-order chi connectivity index (χ1) is 10.6. The maximum absolute atomic E-state index is 12.0. The zero-order chi connectivity index (χ0) is 15.9. The van der Waals surface area contributed by atoms with Crippen molar-refractivity contribution in [3.63, 3.8) is 0 Å². The Balaban J connectivity index is 1.91. The Kier molecular flexibility index (Phi) is 6.79. The van der Waals surface area contributed by atoms with Crippen LogP contribution in [0.5, 0.6) is 0 Å². The minimum atomic E-state index is -0.143. The van der Waals surface area contributed by atoms with E-state index in [0.29, 0.717) is 13.0 Å². The van der Waals surface area contributed by atoms with Crippen molar-refractivity contribution in [3.8, 4) is 0 Å². The molecule has 1 aromatic carbocycles. The molecule has 2 N–H and O–H groups in total. The van der Waals surface area contributed by atoms with E-state index in [2.05, 4.69) is 44.0 Å². The van der Waals surface area contributed by atoms with E-state index in [1.807, 2.05) is 18.5 Å². The number of amides is 1. The van der Waals surface area contributed by atoms with Gasteiger partial charge in [-0.2, -0.15) is 11.8 Å². The van der Waals surface area contributed by atoms with Crippen LogP contribution in [-0.4, -0.2) is 40.2 Å². The topological polar surface area (TPSA) is 54.3 Å². The van der Waals surface area contributed by atoms with E-state index in [1.54, 1.807) is 11.8 Å². The Labute approximate surface area is 143 Å². The van der Waals surface area contributed by atoms with E-state index < -0.39 is 0 Å². The third-order valence-electron chi connectivity index (χ3n) is 3.57. The van der Waals surface area contributed by atoms with E-state index in [4.69, 9.17) is 0 Å². The molecule has 1 aromatic heterocycles. The minimum Gasteiger partial charge on any atom is -0.394 e. The van der Waals surface area contributed by atoms with Crippen LogP contribution >= 0.6 is 27.7 Å². The highest BCUT2D eigenvalue weighted by Gasteiger charge is 2.11. The molecule has 0 aliphatic heterocycles. The first-order valence-corrected chi connectivity index (χ1v) is 9.46. The Morgan fingerprint density at radius 3 is 3.00 bits per heavy atom. The zero-order valence-electron chi connectivity index (χ0n) is 12.6. The van der Waals surface area contributed by atoms with Crippen LogP contribution in [0, 0.1) is 0 Å². The largest absolute Gasteiger partial charge is 0.394 e. The Morgan fingerprint density at radius 1 is 1.45 bits per heavy atom. The predicted octanol–water partition coefficient (Wildman–Crippen LogP) is 3.02. The van der Waals surface area contributed by atoms with E-state index >= 15 is 0 Å². The number of thioether (sulfide) groups is 1. The summed E-state index contributed by atoms with van der Waals surface area (Å²) < 4.78 is 3.11. The lowest BCUT2D eigenvalue weighted by atomic mass is 10.2. The molecule has 0 bridgehead atoms. The SMILES string of the molecule is CSCC[C@H](CO)NC(=O)CCn1ccc2ccc(Br)cc21. The molecule has 4 nitrogen and oxygen atoms in total. The molecule has 2 aromatic rings. The molecule has 0 radical (unpaired) electrons. The van der Waals surface area contributed by atoms with Crippen LogP contribution in [0.2, 0.25) is 0 Å². The second-order valence-corrected chi connectivity index (χ2v) is 7.09. The fourth-order valence-corrected chi connectivity index (χ4v) is 3.21. The Bertz CT molecular complexity index is 630. The van der Waals surface area contributed by atoms with Crippen molar-refractivity contribution in [1.29, 1.82) is 0 Å². The summed E-state index contributed by atoms with van der Waals surface area (Å²) in [5.41, 5.74) is 1.11. The molecule has 0 saturated carbocycles. The minimum absolute atomic E-state index is 0.00824. The third kappa shape index (κ3) is 4.76. The molecule has 2 rings (SSSR count). The van der Waals surface area contributed by atoms with Gasteiger partial charge in [0, 0.05) is 29.2 Å². The summed E-state index contributed by atoms with van der Waals surface area (Å²) in [6, 6.07) is 8.03. The van der Waals surface area contributed by atoms with Gasteiger partial charge in [0.1, 0.15) is 0 Å². The molecule has 0 aliphatic rings. The van der Waals surface area contributed by atoms with Gasteiger partial charge in [-0.05, 0) is 42.0 Å². The van der Waals surface area contributed by atoms with Crippen molar-refractivity contribution in [2.45, 2.75) is 25.4 Å². The van der Waals surface area contributed by atoms with E-state index in [9.17, 15) is 9.90 Å². The van der Waals surface area contributed by atoms with Crippen molar-refractivity contribution in [2.24, 2.45) is 0 Å². The van der Waals surface area contributed by atoms with Gasteiger partial charge in [0.15, 0.2) is 0 Å². The van der Waals surface area contributed by atoms with E-state index in [-0.39, 0.29) is 18.6 Å². The lowest BCUT2D eigenvalue weighted by Gasteiger charge is -2.16. The standard InChI is InChI=1S/C16H21BrN2O2S/c1-22-9-6-14(11-20)18-16(21)5-8-19-7-4-12-2-3-13(17)10-15(12)19/h2-4,7,10,14,20H,5-6,8-9,11H2,1H3,(H,18,21)/t14-/m1/s1. The van der Waals surface area contributed by atoms with Gasteiger partial charge in [-0.25, -0.2) is 0 Å². The number of nitrogens with one attached hydrogen (secondary N) is 1. The molecule has 0 aliphatic carbocycles. The molecule has 1 amide bonds. The summed E-state index contributed by atoms with van der Waals surface area (Å²) >= 11 is 5.19. The quantitative estimate of drug-likeness (QED) is 0.735. The molecule has 0 spiro atoms. The highest BCUT2D eigenvalue weighted by Crippen LogP contribution is 2.21. The molecule has 0 fully saturated rings.